The summed E-state index contributed by atoms with van der Waals surface area (Å²) >= 11 is 0. The van der Waals surface area contributed by atoms with Crippen molar-refractivity contribution in [3.05, 3.63) is 95.6 Å². The molecule has 3 aromatic carbocycles. The number of hydrazone groups is 1. The van der Waals surface area contributed by atoms with Gasteiger partial charge in [0.15, 0.2) is 6.54 Å². The van der Waals surface area contributed by atoms with Crippen LogP contribution in [0.5, 0.6) is 0 Å². The summed E-state index contributed by atoms with van der Waals surface area (Å²) in [6.45, 7) is 3.96. The van der Waals surface area contributed by atoms with Crippen molar-refractivity contribution in [3.8, 4) is 11.1 Å². The van der Waals surface area contributed by atoms with Gasteiger partial charge in [-0.05, 0) is 43.0 Å². The van der Waals surface area contributed by atoms with Gasteiger partial charge in [0.2, 0.25) is 11.4 Å². The molecule has 1 N–H and O–H groups in total. The molecule has 4 heteroatoms. The molecular formula is C27H29BrN2O. The Balaban J connectivity index is 0.00000231. The highest BCUT2D eigenvalue weighted by Gasteiger charge is 2.52. The molecule has 2 aliphatic heterocycles. The van der Waals surface area contributed by atoms with Crippen molar-refractivity contribution in [1.29, 1.82) is 0 Å². The van der Waals surface area contributed by atoms with Crippen LogP contribution in [0.2, 0.25) is 0 Å². The second-order valence-electron chi connectivity index (χ2n) is 8.56. The Hall–Kier alpha value is -2.43. The van der Waals surface area contributed by atoms with Crippen LogP contribution >= 0.6 is 0 Å². The maximum atomic E-state index is 12.0. The number of aliphatic hydroxyl groups is 1. The van der Waals surface area contributed by atoms with Crippen LogP contribution in [0.4, 0.5) is 0 Å². The van der Waals surface area contributed by atoms with E-state index in [2.05, 4.69) is 89.4 Å². The highest BCUT2D eigenvalue weighted by Crippen LogP contribution is 2.38. The SMILES string of the molecule is Cc1ccc(C2=[N+]3CCCCCN3C(O)(c3ccc(-c4ccccc4)cc3)C2)cc1.[Br-]. The lowest BCUT2D eigenvalue weighted by molar-refractivity contribution is -0.706. The average molecular weight is 477 g/mol. The fourth-order valence-electron chi connectivity index (χ4n) is 4.83. The van der Waals surface area contributed by atoms with Gasteiger partial charge < -0.3 is 22.1 Å². The highest BCUT2D eigenvalue weighted by molar-refractivity contribution is 5.98. The summed E-state index contributed by atoms with van der Waals surface area (Å²) in [4.78, 5) is 0. The Morgan fingerprint density at radius 1 is 0.774 bits per heavy atom. The first kappa shape index (κ1) is 21.8. The van der Waals surface area contributed by atoms with Gasteiger partial charge in [-0.1, -0.05) is 72.3 Å². The molecule has 3 nitrogen and oxygen atoms in total. The third-order valence-electron chi connectivity index (χ3n) is 6.52. The smallest absolute Gasteiger partial charge is 0.225 e. The molecule has 31 heavy (non-hydrogen) atoms. The minimum absolute atomic E-state index is 0. The number of aryl methyl sites for hydroxylation is 1. The average Bonchev–Trinajstić information content (AvgIpc) is 2.94. The summed E-state index contributed by atoms with van der Waals surface area (Å²) in [5.41, 5.74) is 6.05. The second kappa shape index (κ2) is 8.97. The monoisotopic (exact) mass is 476 g/mol. The van der Waals surface area contributed by atoms with E-state index in [1.54, 1.807) is 0 Å². The second-order valence-corrected chi connectivity index (χ2v) is 8.56. The van der Waals surface area contributed by atoms with E-state index in [0.717, 1.165) is 31.5 Å². The maximum Gasteiger partial charge on any atom is 0.225 e. The van der Waals surface area contributed by atoms with E-state index in [9.17, 15) is 5.11 Å². The number of halogens is 1. The van der Waals surface area contributed by atoms with E-state index in [1.807, 2.05) is 6.07 Å². The number of fused-ring (bicyclic) bond motifs is 1. The van der Waals surface area contributed by atoms with Gasteiger partial charge in [0, 0.05) is 17.5 Å². The van der Waals surface area contributed by atoms with E-state index in [1.165, 1.54) is 34.4 Å². The van der Waals surface area contributed by atoms with Crippen molar-refractivity contribution in [2.24, 2.45) is 0 Å². The summed E-state index contributed by atoms with van der Waals surface area (Å²) in [7, 11) is 0. The predicted molar refractivity (Wildman–Crippen MR) is 121 cm³/mol. The van der Waals surface area contributed by atoms with E-state index in [4.69, 9.17) is 0 Å². The summed E-state index contributed by atoms with van der Waals surface area (Å²) in [5.74, 6) is 0. The van der Waals surface area contributed by atoms with E-state index in [0.29, 0.717) is 6.42 Å². The van der Waals surface area contributed by atoms with E-state index < -0.39 is 5.72 Å². The molecule has 0 saturated carbocycles. The summed E-state index contributed by atoms with van der Waals surface area (Å²) in [6, 6.07) is 27.6. The van der Waals surface area contributed by atoms with Crippen molar-refractivity contribution in [3.63, 3.8) is 0 Å². The summed E-state index contributed by atoms with van der Waals surface area (Å²) < 4.78 is 2.35. The first-order chi connectivity index (χ1) is 14.6. The molecule has 0 aromatic heterocycles. The molecule has 160 valence electrons. The lowest BCUT2D eigenvalue weighted by Gasteiger charge is -2.30. The molecule has 1 unspecified atom stereocenters. The maximum absolute atomic E-state index is 12.0. The number of hydrazine groups is 1. The van der Waals surface area contributed by atoms with Gasteiger partial charge in [0.05, 0.1) is 13.0 Å². The molecule has 2 heterocycles. The van der Waals surface area contributed by atoms with Gasteiger partial charge in [-0.25, -0.2) is 0 Å². The van der Waals surface area contributed by atoms with Gasteiger partial charge in [-0.3, -0.25) is 0 Å². The Bertz CT molecular complexity index is 1060. The number of rotatable bonds is 3. The van der Waals surface area contributed by atoms with Crippen molar-refractivity contribution >= 4 is 5.71 Å². The predicted octanol–water partition coefficient (Wildman–Crippen LogP) is 2.12. The van der Waals surface area contributed by atoms with Crippen LogP contribution in [-0.2, 0) is 5.72 Å². The van der Waals surface area contributed by atoms with Crippen LogP contribution < -0.4 is 17.0 Å². The quantitative estimate of drug-likeness (QED) is 0.586. The van der Waals surface area contributed by atoms with Gasteiger partial charge in [-0.2, -0.15) is 0 Å². The van der Waals surface area contributed by atoms with E-state index >= 15 is 0 Å². The van der Waals surface area contributed by atoms with Gasteiger partial charge in [0.25, 0.3) is 0 Å². The fraction of sp³-hybridized carbons (Fsp3) is 0.296. The molecule has 3 aromatic rings. The van der Waals surface area contributed by atoms with E-state index in [-0.39, 0.29) is 17.0 Å². The minimum Gasteiger partial charge on any atom is -1.00 e. The number of nitrogens with zero attached hydrogens (tertiary/aromatic N) is 2. The highest BCUT2D eigenvalue weighted by atomic mass is 79.9. The molecule has 0 bridgehead atoms. The van der Waals surface area contributed by atoms with Gasteiger partial charge >= 0.3 is 0 Å². The Kier molecular flexibility index (Phi) is 6.31. The Morgan fingerprint density at radius 3 is 2.13 bits per heavy atom. The summed E-state index contributed by atoms with van der Waals surface area (Å²) in [6.07, 6.45) is 4.09. The number of hydrogen-bond donors (Lipinski definition) is 1. The first-order valence-electron chi connectivity index (χ1n) is 11.0. The molecule has 1 atom stereocenters. The van der Waals surface area contributed by atoms with Crippen molar-refractivity contribution in [1.82, 2.24) is 5.01 Å². The van der Waals surface area contributed by atoms with Crippen LogP contribution in [0.15, 0.2) is 78.9 Å². The van der Waals surface area contributed by atoms with Crippen LogP contribution in [0.25, 0.3) is 11.1 Å². The van der Waals surface area contributed by atoms with Crippen LogP contribution in [0, 0.1) is 6.92 Å². The zero-order valence-corrected chi connectivity index (χ0v) is 19.6. The number of benzene rings is 3. The minimum atomic E-state index is -1.00. The van der Waals surface area contributed by atoms with Gasteiger partial charge in [0.1, 0.15) is 0 Å². The van der Waals surface area contributed by atoms with Crippen molar-refractivity contribution < 1.29 is 26.8 Å². The molecule has 1 saturated heterocycles. The molecule has 5 rings (SSSR count). The Labute approximate surface area is 195 Å². The molecule has 0 spiro atoms. The molecule has 0 aliphatic carbocycles. The van der Waals surface area contributed by atoms with Crippen molar-refractivity contribution in [2.75, 3.05) is 13.1 Å². The van der Waals surface area contributed by atoms with Crippen molar-refractivity contribution in [2.45, 2.75) is 38.3 Å². The molecule has 0 radical (unpaired) electrons. The Morgan fingerprint density at radius 2 is 1.42 bits per heavy atom. The third kappa shape index (κ3) is 4.07. The molecule has 1 fully saturated rings. The van der Waals surface area contributed by atoms with Crippen LogP contribution in [0.1, 0.15) is 42.4 Å². The van der Waals surface area contributed by atoms with Crippen LogP contribution in [0.3, 0.4) is 0 Å². The molecular weight excluding hydrogens is 448 g/mol. The zero-order chi connectivity index (χ0) is 20.6. The normalized spacial score (nSPS) is 20.8. The fourth-order valence-corrected chi connectivity index (χ4v) is 4.83. The van der Waals surface area contributed by atoms with Crippen LogP contribution in [-0.4, -0.2) is 33.6 Å². The zero-order valence-electron chi connectivity index (χ0n) is 18.0. The standard InChI is InChI=1S/C27H29N2O.BrH/c1-21-10-12-24(13-11-21)26-20-27(30,29-19-7-3-6-18-28(26)29)25-16-14-23(15-17-25)22-8-4-2-5-9-22;/h2,4-5,8-17,30H,3,6-7,18-20H2,1H3;1H/q+1;/p-1. The lowest BCUT2D eigenvalue weighted by atomic mass is 9.92. The largest absolute Gasteiger partial charge is 1.00 e. The summed E-state index contributed by atoms with van der Waals surface area (Å²) in [5, 5.41) is 14.2. The number of hydrogen-bond acceptors (Lipinski definition) is 2. The lowest BCUT2D eigenvalue weighted by Crippen LogP contribution is -3.00. The molecule has 0 amide bonds. The topological polar surface area (TPSA) is 26.5 Å². The molecule has 2 aliphatic rings. The first-order valence-corrected chi connectivity index (χ1v) is 11.0. The van der Waals surface area contributed by atoms with Gasteiger partial charge in [-0.15, -0.1) is 9.69 Å². The third-order valence-corrected chi connectivity index (χ3v) is 6.52.